The molecule has 1 atom stereocenters. The summed E-state index contributed by atoms with van der Waals surface area (Å²) in [6.45, 7) is 0. The SMILES string of the molecule is CNC(CCc1ccc(OC2CC2)cc1)C1CC1. The Balaban J connectivity index is 1.49. The maximum atomic E-state index is 5.76. The summed E-state index contributed by atoms with van der Waals surface area (Å²) in [6, 6.07) is 9.40. The minimum absolute atomic E-state index is 0.499. The molecule has 2 aliphatic rings. The van der Waals surface area contributed by atoms with Crippen LogP contribution in [0.15, 0.2) is 24.3 Å². The van der Waals surface area contributed by atoms with Gasteiger partial charge in [0, 0.05) is 6.04 Å². The van der Waals surface area contributed by atoms with Crippen LogP contribution in [0.25, 0.3) is 0 Å². The second kappa shape index (κ2) is 5.31. The predicted octanol–water partition coefficient (Wildman–Crippen LogP) is 3.16. The van der Waals surface area contributed by atoms with Gasteiger partial charge in [-0.1, -0.05) is 12.1 Å². The fraction of sp³-hybridized carbons (Fsp3) is 0.625. The summed E-state index contributed by atoms with van der Waals surface area (Å²) in [4.78, 5) is 0. The van der Waals surface area contributed by atoms with Crippen LogP contribution in [0, 0.1) is 5.92 Å². The molecule has 2 saturated carbocycles. The fourth-order valence-electron chi connectivity index (χ4n) is 2.55. The Morgan fingerprint density at radius 2 is 1.89 bits per heavy atom. The van der Waals surface area contributed by atoms with Gasteiger partial charge in [0.2, 0.25) is 0 Å². The maximum absolute atomic E-state index is 5.76. The van der Waals surface area contributed by atoms with Crippen molar-refractivity contribution in [3.63, 3.8) is 0 Å². The molecule has 2 fully saturated rings. The first-order chi connectivity index (χ1) is 8.85. The predicted molar refractivity (Wildman–Crippen MR) is 74.0 cm³/mol. The molecule has 98 valence electrons. The van der Waals surface area contributed by atoms with E-state index in [1.807, 2.05) is 0 Å². The molecule has 1 aromatic carbocycles. The molecule has 0 amide bonds. The van der Waals surface area contributed by atoms with Crippen LogP contribution in [0.3, 0.4) is 0 Å². The zero-order valence-corrected chi connectivity index (χ0v) is 11.2. The molecule has 0 spiro atoms. The first-order valence-corrected chi connectivity index (χ1v) is 7.28. The average molecular weight is 245 g/mol. The molecule has 2 heteroatoms. The van der Waals surface area contributed by atoms with Crippen molar-refractivity contribution < 1.29 is 4.74 Å². The van der Waals surface area contributed by atoms with Crippen molar-refractivity contribution in [1.82, 2.24) is 5.32 Å². The van der Waals surface area contributed by atoms with Gasteiger partial charge in [-0.15, -0.1) is 0 Å². The molecule has 1 N–H and O–H groups in total. The molecule has 18 heavy (non-hydrogen) atoms. The molecular weight excluding hydrogens is 222 g/mol. The smallest absolute Gasteiger partial charge is 0.119 e. The molecule has 0 aliphatic heterocycles. The number of hydrogen-bond acceptors (Lipinski definition) is 2. The Kier molecular flexibility index (Phi) is 3.55. The molecule has 1 aromatic rings. The molecule has 0 aromatic heterocycles. The highest BCUT2D eigenvalue weighted by atomic mass is 16.5. The zero-order chi connectivity index (χ0) is 12.4. The third-order valence-electron chi connectivity index (χ3n) is 4.06. The lowest BCUT2D eigenvalue weighted by atomic mass is 10.0. The fourth-order valence-corrected chi connectivity index (χ4v) is 2.55. The summed E-state index contributed by atoms with van der Waals surface area (Å²) < 4.78 is 5.76. The first-order valence-electron chi connectivity index (χ1n) is 7.28. The second-order valence-corrected chi connectivity index (χ2v) is 5.73. The lowest BCUT2D eigenvalue weighted by molar-refractivity contribution is 0.303. The Labute approximate surface area is 110 Å². The average Bonchev–Trinajstić information content (AvgIpc) is 3.25. The lowest BCUT2D eigenvalue weighted by Crippen LogP contribution is -2.27. The molecule has 0 bridgehead atoms. The minimum Gasteiger partial charge on any atom is -0.490 e. The van der Waals surface area contributed by atoms with Crippen molar-refractivity contribution in [2.75, 3.05) is 7.05 Å². The summed E-state index contributed by atoms with van der Waals surface area (Å²) in [5, 5.41) is 3.46. The Morgan fingerprint density at radius 3 is 2.44 bits per heavy atom. The van der Waals surface area contributed by atoms with E-state index in [-0.39, 0.29) is 0 Å². The molecule has 1 unspecified atom stereocenters. The normalized spacial score (nSPS) is 20.7. The van der Waals surface area contributed by atoms with Crippen molar-refractivity contribution in [2.45, 2.75) is 50.7 Å². The standard InChI is InChI=1S/C16H23NO/c1-17-16(13-5-6-13)11-4-12-2-7-14(8-3-12)18-15-9-10-15/h2-3,7-8,13,15-17H,4-6,9-11H2,1H3. The van der Waals surface area contributed by atoms with E-state index in [0.29, 0.717) is 12.1 Å². The summed E-state index contributed by atoms with van der Waals surface area (Å²) in [5.41, 5.74) is 1.43. The highest BCUT2D eigenvalue weighted by Crippen LogP contribution is 2.34. The molecule has 0 radical (unpaired) electrons. The third-order valence-corrected chi connectivity index (χ3v) is 4.06. The Morgan fingerprint density at radius 1 is 1.17 bits per heavy atom. The van der Waals surface area contributed by atoms with Crippen LogP contribution in [0.2, 0.25) is 0 Å². The number of rotatable bonds is 7. The van der Waals surface area contributed by atoms with Gasteiger partial charge in [-0.3, -0.25) is 0 Å². The molecule has 2 nitrogen and oxygen atoms in total. The van der Waals surface area contributed by atoms with Gasteiger partial charge in [0.25, 0.3) is 0 Å². The quantitative estimate of drug-likeness (QED) is 0.796. The van der Waals surface area contributed by atoms with Crippen molar-refractivity contribution in [3.05, 3.63) is 29.8 Å². The van der Waals surface area contributed by atoms with Crippen LogP contribution in [0.1, 0.15) is 37.7 Å². The van der Waals surface area contributed by atoms with E-state index in [1.165, 1.54) is 44.1 Å². The molecule has 0 saturated heterocycles. The van der Waals surface area contributed by atoms with Crippen LogP contribution < -0.4 is 10.1 Å². The molecule has 0 heterocycles. The van der Waals surface area contributed by atoms with Gasteiger partial charge < -0.3 is 10.1 Å². The van der Waals surface area contributed by atoms with E-state index in [2.05, 4.69) is 36.6 Å². The van der Waals surface area contributed by atoms with Crippen LogP contribution in [0.4, 0.5) is 0 Å². The Hall–Kier alpha value is -1.02. The first kappa shape index (κ1) is 12.0. The van der Waals surface area contributed by atoms with Crippen LogP contribution >= 0.6 is 0 Å². The number of hydrogen-bond donors (Lipinski definition) is 1. The summed E-state index contributed by atoms with van der Waals surface area (Å²) in [7, 11) is 2.09. The highest BCUT2D eigenvalue weighted by Gasteiger charge is 2.29. The second-order valence-electron chi connectivity index (χ2n) is 5.73. The van der Waals surface area contributed by atoms with Crippen LogP contribution in [-0.2, 0) is 6.42 Å². The third kappa shape index (κ3) is 3.26. The maximum Gasteiger partial charge on any atom is 0.119 e. The van der Waals surface area contributed by atoms with Gasteiger partial charge in [0.1, 0.15) is 5.75 Å². The minimum atomic E-state index is 0.499. The van der Waals surface area contributed by atoms with E-state index in [4.69, 9.17) is 4.74 Å². The van der Waals surface area contributed by atoms with Crippen molar-refractivity contribution in [2.24, 2.45) is 5.92 Å². The van der Waals surface area contributed by atoms with Gasteiger partial charge in [0.15, 0.2) is 0 Å². The zero-order valence-electron chi connectivity index (χ0n) is 11.2. The largest absolute Gasteiger partial charge is 0.490 e. The highest BCUT2D eigenvalue weighted by molar-refractivity contribution is 5.28. The van der Waals surface area contributed by atoms with Crippen molar-refractivity contribution in [3.8, 4) is 5.75 Å². The van der Waals surface area contributed by atoms with Crippen LogP contribution in [-0.4, -0.2) is 19.2 Å². The summed E-state index contributed by atoms with van der Waals surface area (Å²) in [6.07, 6.45) is 8.22. The van der Waals surface area contributed by atoms with Crippen molar-refractivity contribution >= 4 is 0 Å². The van der Waals surface area contributed by atoms with Gasteiger partial charge in [-0.05, 0) is 69.2 Å². The van der Waals surface area contributed by atoms with Crippen LogP contribution in [0.5, 0.6) is 5.75 Å². The van der Waals surface area contributed by atoms with Crippen molar-refractivity contribution in [1.29, 1.82) is 0 Å². The summed E-state index contributed by atoms with van der Waals surface area (Å²) in [5.74, 6) is 1.97. The number of ether oxygens (including phenoxy) is 1. The topological polar surface area (TPSA) is 21.3 Å². The van der Waals surface area contributed by atoms with Gasteiger partial charge in [-0.25, -0.2) is 0 Å². The number of benzene rings is 1. The molecule has 2 aliphatic carbocycles. The van der Waals surface area contributed by atoms with Gasteiger partial charge in [-0.2, -0.15) is 0 Å². The lowest BCUT2D eigenvalue weighted by Gasteiger charge is -2.15. The van der Waals surface area contributed by atoms with Gasteiger partial charge >= 0.3 is 0 Å². The monoisotopic (exact) mass is 245 g/mol. The molecular formula is C16H23NO. The van der Waals surface area contributed by atoms with E-state index in [9.17, 15) is 0 Å². The number of aryl methyl sites for hydroxylation is 1. The van der Waals surface area contributed by atoms with E-state index < -0.39 is 0 Å². The van der Waals surface area contributed by atoms with Gasteiger partial charge in [0.05, 0.1) is 6.10 Å². The number of nitrogens with one attached hydrogen (secondary N) is 1. The van der Waals surface area contributed by atoms with E-state index in [1.54, 1.807) is 0 Å². The molecule has 3 rings (SSSR count). The van der Waals surface area contributed by atoms with E-state index in [0.717, 1.165) is 11.7 Å². The summed E-state index contributed by atoms with van der Waals surface area (Å²) >= 11 is 0. The Bertz CT molecular complexity index is 379. The van der Waals surface area contributed by atoms with E-state index >= 15 is 0 Å².